The van der Waals surface area contributed by atoms with E-state index >= 15 is 0 Å². The second-order valence-corrected chi connectivity index (χ2v) is 4.87. The van der Waals surface area contributed by atoms with Crippen molar-refractivity contribution in [2.45, 2.75) is 13.0 Å². The molecular formula is C15H18N2O2. The van der Waals surface area contributed by atoms with E-state index in [0.29, 0.717) is 11.9 Å². The molecule has 0 atom stereocenters. The van der Waals surface area contributed by atoms with Crippen LogP contribution < -0.4 is 11.1 Å². The molecule has 0 aliphatic rings. The molecule has 4 nitrogen and oxygen atoms in total. The van der Waals surface area contributed by atoms with Crippen molar-refractivity contribution in [2.75, 3.05) is 20.6 Å². The zero-order valence-corrected chi connectivity index (χ0v) is 11.3. The number of nitrogens with zero attached hydrogens (tertiary/aromatic N) is 2. The molecule has 100 valence electrons. The number of hydrogen-bond acceptors (Lipinski definition) is 3. The highest BCUT2D eigenvalue weighted by Crippen LogP contribution is 2.05. The van der Waals surface area contributed by atoms with E-state index in [0.717, 1.165) is 18.4 Å². The molecule has 19 heavy (non-hydrogen) atoms. The van der Waals surface area contributed by atoms with Crippen LogP contribution in [0.25, 0.3) is 10.8 Å². The van der Waals surface area contributed by atoms with Gasteiger partial charge in [-0.25, -0.2) is 0 Å². The van der Waals surface area contributed by atoms with E-state index in [-0.39, 0.29) is 11.1 Å². The SMILES string of the molecule is CN(C)CCCn1c(=O)ccc2ccccc2c1=O. The molecule has 0 N–H and O–H groups in total. The Morgan fingerprint density at radius 2 is 1.79 bits per heavy atom. The smallest absolute Gasteiger partial charge is 0.261 e. The van der Waals surface area contributed by atoms with Crippen LogP contribution in [0.4, 0.5) is 0 Å². The van der Waals surface area contributed by atoms with E-state index in [1.54, 1.807) is 12.1 Å². The predicted octanol–water partition coefficient (Wildman–Crippen LogP) is 1.31. The highest BCUT2D eigenvalue weighted by Gasteiger charge is 2.04. The van der Waals surface area contributed by atoms with E-state index in [2.05, 4.69) is 0 Å². The lowest BCUT2D eigenvalue weighted by molar-refractivity contribution is 0.384. The first-order valence-corrected chi connectivity index (χ1v) is 6.37. The lowest BCUT2D eigenvalue weighted by Gasteiger charge is -2.09. The summed E-state index contributed by atoms with van der Waals surface area (Å²) in [5, 5.41) is 1.39. The van der Waals surface area contributed by atoms with Crippen molar-refractivity contribution in [1.82, 2.24) is 9.47 Å². The zero-order chi connectivity index (χ0) is 13.8. The van der Waals surface area contributed by atoms with Crippen LogP contribution in [-0.2, 0) is 6.54 Å². The average Bonchev–Trinajstić information content (AvgIpc) is 2.50. The van der Waals surface area contributed by atoms with Gasteiger partial charge >= 0.3 is 0 Å². The van der Waals surface area contributed by atoms with Gasteiger partial charge in [0.2, 0.25) is 0 Å². The molecule has 0 unspecified atom stereocenters. The van der Waals surface area contributed by atoms with Crippen LogP contribution in [0, 0.1) is 0 Å². The molecular weight excluding hydrogens is 240 g/mol. The second kappa shape index (κ2) is 5.80. The van der Waals surface area contributed by atoms with Crippen molar-refractivity contribution in [3.05, 3.63) is 57.1 Å². The molecule has 1 heterocycles. The minimum absolute atomic E-state index is 0.204. The Morgan fingerprint density at radius 1 is 1.05 bits per heavy atom. The first kappa shape index (κ1) is 13.5. The Kier molecular flexibility index (Phi) is 4.12. The summed E-state index contributed by atoms with van der Waals surface area (Å²) in [7, 11) is 3.95. The number of rotatable bonds is 4. The number of fused-ring (bicyclic) bond motifs is 1. The highest BCUT2D eigenvalue weighted by atomic mass is 16.2. The van der Waals surface area contributed by atoms with Crippen molar-refractivity contribution in [3.63, 3.8) is 0 Å². The Bertz CT molecular complexity index is 689. The Morgan fingerprint density at radius 3 is 2.53 bits per heavy atom. The second-order valence-electron chi connectivity index (χ2n) is 4.87. The van der Waals surface area contributed by atoms with E-state index in [4.69, 9.17) is 0 Å². The molecule has 0 saturated carbocycles. The minimum atomic E-state index is -0.236. The average molecular weight is 258 g/mol. The van der Waals surface area contributed by atoms with Crippen molar-refractivity contribution >= 4 is 10.8 Å². The van der Waals surface area contributed by atoms with Gasteiger partial charge in [-0.05, 0) is 44.6 Å². The molecule has 1 aromatic carbocycles. The van der Waals surface area contributed by atoms with Crippen LogP contribution in [0.3, 0.4) is 0 Å². The van der Waals surface area contributed by atoms with Crippen molar-refractivity contribution in [1.29, 1.82) is 0 Å². The fourth-order valence-electron chi connectivity index (χ4n) is 2.09. The summed E-state index contributed by atoms with van der Waals surface area (Å²) >= 11 is 0. The van der Waals surface area contributed by atoms with E-state index in [1.165, 1.54) is 10.6 Å². The standard InChI is InChI=1S/C15H18N2O2/c1-16(2)10-5-11-17-14(18)9-8-12-6-3-4-7-13(12)15(17)19/h3-4,6-9H,5,10-11H2,1-2H3. The highest BCUT2D eigenvalue weighted by molar-refractivity contribution is 5.80. The molecule has 0 spiro atoms. The third-order valence-electron chi connectivity index (χ3n) is 3.09. The lowest BCUT2D eigenvalue weighted by Crippen LogP contribution is -2.30. The van der Waals surface area contributed by atoms with Gasteiger partial charge in [-0.2, -0.15) is 0 Å². The van der Waals surface area contributed by atoms with Gasteiger partial charge < -0.3 is 4.90 Å². The molecule has 0 saturated heterocycles. The molecule has 0 aliphatic carbocycles. The van der Waals surface area contributed by atoms with Gasteiger partial charge in [-0.15, -0.1) is 0 Å². The molecule has 0 amide bonds. The van der Waals surface area contributed by atoms with Crippen molar-refractivity contribution in [2.24, 2.45) is 0 Å². The summed E-state index contributed by atoms with van der Waals surface area (Å²) < 4.78 is 1.33. The summed E-state index contributed by atoms with van der Waals surface area (Å²) in [6.45, 7) is 1.30. The molecule has 0 aliphatic heterocycles. The summed E-state index contributed by atoms with van der Waals surface area (Å²) in [5.41, 5.74) is -0.440. The van der Waals surface area contributed by atoms with Gasteiger partial charge in [0.05, 0.1) is 0 Å². The van der Waals surface area contributed by atoms with Crippen LogP contribution in [0.5, 0.6) is 0 Å². The van der Waals surface area contributed by atoms with Gasteiger partial charge in [-0.3, -0.25) is 14.2 Å². The molecule has 2 rings (SSSR count). The largest absolute Gasteiger partial charge is 0.309 e. The summed E-state index contributed by atoms with van der Waals surface area (Å²) in [4.78, 5) is 26.4. The number of hydrogen-bond donors (Lipinski definition) is 0. The maximum atomic E-state index is 12.4. The third kappa shape index (κ3) is 3.09. The Labute approximate surface area is 111 Å². The van der Waals surface area contributed by atoms with Gasteiger partial charge in [-0.1, -0.05) is 18.2 Å². The Hall–Kier alpha value is -1.94. The fraction of sp³-hybridized carbons (Fsp3) is 0.333. The first-order chi connectivity index (χ1) is 9.09. The first-order valence-electron chi connectivity index (χ1n) is 6.37. The quantitative estimate of drug-likeness (QED) is 0.830. The normalized spacial score (nSPS) is 11.1. The van der Waals surface area contributed by atoms with E-state index < -0.39 is 0 Å². The van der Waals surface area contributed by atoms with E-state index in [1.807, 2.05) is 37.2 Å². The lowest BCUT2D eigenvalue weighted by atomic mass is 10.2. The maximum Gasteiger partial charge on any atom is 0.261 e. The van der Waals surface area contributed by atoms with Crippen molar-refractivity contribution in [3.8, 4) is 0 Å². The van der Waals surface area contributed by atoms with E-state index in [9.17, 15) is 9.59 Å². The zero-order valence-electron chi connectivity index (χ0n) is 11.3. The summed E-state index contributed by atoms with van der Waals surface area (Å²) in [6, 6.07) is 10.5. The van der Waals surface area contributed by atoms with Crippen LogP contribution in [0.2, 0.25) is 0 Å². The molecule has 0 radical (unpaired) electrons. The third-order valence-corrected chi connectivity index (χ3v) is 3.09. The van der Waals surface area contributed by atoms with Gasteiger partial charge in [0.25, 0.3) is 11.1 Å². The molecule has 2 aromatic rings. The van der Waals surface area contributed by atoms with Gasteiger partial charge in [0.15, 0.2) is 0 Å². The summed E-state index contributed by atoms with van der Waals surface area (Å²) in [5.74, 6) is 0. The van der Waals surface area contributed by atoms with Crippen LogP contribution in [0.15, 0.2) is 46.0 Å². The van der Waals surface area contributed by atoms with Gasteiger partial charge in [0.1, 0.15) is 0 Å². The minimum Gasteiger partial charge on any atom is -0.309 e. The fourth-order valence-corrected chi connectivity index (χ4v) is 2.09. The monoisotopic (exact) mass is 258 g/mol. The molecule has 4 heteroatoms. The maximum absolute atomic E-state index is 12.4. The summed E-state index contributed by atoms with van der Waals surface area (Å²) in [6.07, 6.45) is 0.778. The molecule has 1 aromatic heterocycles. The van der Waals surface area contributed by atoms with Crippen LogP contribution in [-0.4, -0.2) is 30.1 Å². The molecule has 0 bridgehead atoms. The Balaban J connectivity index is 2.49. The predicted molar refractivity (Wildman–Crippen MR) is 77.6 cm³/mol. The molecule has 0 fully saturated rings. The topological polar surface area (TPSA) is 42.3 Å². The van der Waals surface area contributed by atoms with Gasteiger partial charge in [0, 0.05) is 18.0 Å². The van der Waals surface area contributed by atoms with Crippen molar-refractivity contribution < 1.29 is 0 Å². The van der Waals surface area contributed by atoms with Crippen LogP contribution >= 0.6 is 0 Å². The number of aromatic nitrogens is 1. The number of benzene rings is 1. The van der Waals surface area contributed by atoms with Crippen LogP contribution in [0.1, 0.15) is 6.42 Å².